The molecule has 3 aliphatic rings. The van der Waals surface area contributed by atoms with Crippen molar-refractivity contribution in [1.29, 1.82) is 0 Å². The van der Waals surface area contributed by atoms with Crippen molar-refractivity contribution in [2.75, 3.05) is 0 Å². The minimum absolute atomic E-state index is 0.0721. The normalized spacial score (nSPS) is 36.6. The number of hydrogen-bond donors (Lipinski definition) is 1. The topological polar surface area (TPSA) is 97.9 Å². The number of allylic oxidation sites excluding steroid dienone is 2. The number of aliphatic hydroxyl groups excluding tert-OH is 1. The summed E-state index contributed by atoms with van der Waals surface area (Å²) in [7, 11) is 0. The fourth-order valence-corrected chi connectivity index (χ4v) is 4.32. The largest absolute Gasteiger partial charge is 0.454 e. The van der Waals surface area contributed by atoms with Crippen molar-refractivity contribution in [3.05, 3.63) is 35.5 Å². The Hall–Kier alpha value is -1.96. The summed E-state index contributed by atoms with van der Waals surface area (Å²) in [5.74, 6) is -1.37. The van der Waals surface area contributed by atoms with Crippen molar-refractivity contribution in [1.82, 2.24) is 0 Å². The highest BCUT2D eigenvalue weighted by molar-refractivity contribution is 5.88. The molecule has 3 rings (SSSR count). The van der Waals surface area contributed by atoms with E-state index in [-0.39, 0.29) is 17.8 Å². The number of esters is 2. The first-order chi connectivity index (χ1) is 14.9. The van der Waals surface area contributed by atoms with Gasteiger partial charge in [0.15, 0.2) is 6.10 Å². The molecule has 0 aromatic carbocycles. The number of carbonyl (C=O) groups is 2. The van der Waals surface area contributed by atoms with E-state index < -0.39 is 41.8 Å². The Morgan fingerprint density at radius 1 is 1.12 bits per heavy atom. The summed E-state index contributed by atoms with van der Waals surface area (Å²) in [6.07, 6.45) is 1.57. The van der Waals surface area contributed by atoms with Crippen LogP contribution >= 0.6 is 0 Å². The molecule has 1 unspecified atom stereocenters. The van der Waals surface area contributed by atoms with Gasteiger partial charge < -0.3 is 24.1 Å². The zero-order valence-electron chi connectivity index (χ0n) is 20.1. The van der Waals surface area contributed by atoms with E-state index in [9.17, 15) is 14.7 Å². The zero-order valence-corrected chi connectivity index (χ0v) is 20.1. The summed E-state index contributed by atoms with van der Waals surface area (Å²) in [5.41, 5.74) is 0.527. The highest BCUT2D eigenvalue weighted by Crippen LogP contribution is 2.53. The van der Waals surface area contributed by atoms with Gasteiger partial charge in [-0.1, -0.05) is 18.7 Å². The summed E-state index contributed by atoms with van der Waals surface area (Å²) in [4.78, 5) is 24.9. The van der Waals surface area contributed by atoms with Crippen molar-refractivity contribution < 1.29 is 33.6 Å². The molecule has 0 bridgehead atoms. The van der Waals surface area contributed by atoms with E-state index in [0.29, 0.717) is 29.6 Å². The first-order valence-electron chi connectivity index (χ1n) is 11.3. The maximum atomic E-state index is 12.5. The summed E-state index contributed by atoms with van der Waals surface area (Å²) in [6.45, 7) is 16.9. The van der Waals surface area contributed by atoms with Crippen LogP contribution in [0.4, 0.5) is 0 Å². The minimum atomic E-state index is -1.03. The third-order valence-corrected chi connectivity index (χ3v) is 7.21. The fraction of sp³-hybridized carbons (Fsp3) is 0.680. The second-order valence-electron chi connectivity index (χ2n) is 9.81. The third kappa shape index (κ3) is 4.70. The molecule has 1 N–H and O–H groups in total. The van der Waals surface area contributed by atoms with Crippen molar-refractivity contribution in [3.8, 4) is 0 Å². The van der Waals surface area contributed by atoms with Crippen LogP contribution in [0.25, 0.3) is 0 Å². The van der Waals surface area contributed by atoms with Gasteiger partial charge in [0.1, 0.15) is 17.8 Å². The molecular weight excluding hydrogens is 412 g/mol. The highest BCUT2D eigenvalue weighted by Gasteiger charge is 2.67. The van der Waals surface area contributed by atoms with E-state index in [4.69, 9.17) is 18.9 Å². The Bertz CT molecular complexity index is 854. The Morgan fingerprint density at radius 3 is 2.22 bits per heavy atom. The average molecular weight is 449 g/mol. The Morgan fingerprint density at radius 2 is 1.69 bits per heavy atom. The zero-order chi connectivity index (χ0) is 24.0. The predicted molar refractivity (Wildman–Crippen MR) is 119 cm³/mol. The van der Waals surface area contributed by atoms with Gasteiger partial charge in [-0.05, 0) is 60.5 Å². The first-order valence-corrected chi connectivity index (χ1v) is 11.3. The fourth-order valence-electron chi connectivity index (χ4n) is 4.32. The molecular formula is C25H36O7. The maximum Gasteiger partial charge on any atom is 0.333 e. The number of hydrogen-bond acceptors (Lipinski definition) is 7. The first kappa shape index (κ1) is 24.7. The number of epoxide rings is 2. The maximum absolute atomic E-state index is 12.5. The number of aliphatic hydroxyl groups is 1. The van der Waals surface area contributed by atoms with Crippen LogP contribution in [0.1, 0.15) is 61.3 Å². The van der Waals surface area contributed by atoms with Crippen molar-refractivity contribution in [2.45, 2.75) is 103 Å². The number of ether oxygens (including phenoxy) is 4. The van der Waals surface area contributed by atoms with Crippen molar-refractivity contribution >= 4 is 11.9 Å². The number of fused-ring (bicyclic) bond motifs is 1. The van der Waals surface area contributed by atoms with Crippen LogP contribution < -0.4 is 0 Å². The van der Waals surface area contributed by atoms with Gasteiger partial charge in [0.05, 0.1) is 17.8 Å². The van der Waals surface area contributed by atoms with E-state index in [1.165, 1.54) is 0 Å². The van der Waals surface area contributed by atoms with Gasteiger partial charge >= 0.3 is 11.9 Å². The van der Waals surface area contributed by atoms with Crippen LogP contribution in [0.3, 0.4) is 0 Å². The van der Waals surface area contributed by atoms with Crippen LogP contribution in [-0.2, 0) is 28.5 Å². The Labute approximate surface area is 190 Å². The molecule has 7 atom stereocenters. The number of carbonyl (C=O) groups excluding carboxylic acids is 2. The third-order valence-electron chi connectivity index (χ3n) is 7.21. The monoisotopic (exact) mass is 448 g/mol. The van der Waals surface area contributed by atoms with Gasteiger partial charge in [0.2, 0.25) is 0 Å². The summed E-state index contributed by atoms with van der Waals surface area (Å²) >= 11 is 0. The SMILES string of the molecule is C=C(C(C[C@H]1OC1(C)C)OC(=O)/C(C)=C\C)[C@H]1C[C@H]2O[C@@]2(C)[C@@H](OC(=O)/C(C)=C\C)[C@H]1O. The lowest BCUT2D eigenvalue weighted by molar-refractivity contribution is -0.159. The van der Waals surface area contributed by atoms with E-state index >= 15 is 0 Å². The van der Waals surface area contributed by atoms with Crippen molar-refractivity contribution in [2.24, 2.45) is 5.92 Å². The minimum Gasteiger partial charge on any atom is -0.454 e. The van der Waals surface area contributed by atoms with Crippen LogP contribution in [0, 0.1) is 5.92 Å². The van der Waals surface area contributed by atoms with Crippen LogP contribution in [0.15, 0.2) is 35.5 Å². The molecule has 178 valence electrons. The number of rotatable bonds is 8. The Kier molecular flexibility index (Phi) is 6.76. The molecule has 0 aromatic heterocycles. The molecule has 7 nitrogen and oxygen atoms in total. The Balaban J connectivity index is 1.80. The van der Waals surface area contributed by atoms with E-state index in [1.807, 2.05) is 20.8 Å². The van der Waals surface area contributed by atoms with Crippen molar-refractivity contribution in [3.63, 3.8) is 0 Å². The lowest BCUT2D eigenvalue weighted by Crippen LogP contribution is -2.52. The standard InChI is InChI=1S/C25H36O7/c1-9-13(3)22(27)29-17(12-18-24(6,7)31-18)15(5)16-11-19-25(8,32-19)21(20(16)26)30-23(28)14(4)10-2/h9-10,16-21,26H,5,11-12H2,1-4,6-8H3/b13-9-,14-10-/t16-,17?,18-,19-,20+,21+,25-/m1/s1. The molecule has 1 saturated carbocycles. The molecule has 0 radical (unpaired) electrons. The molecule has 2 aliphatic heterocycles. The van der Waals surface area contributed by atoms with Gasteiger partial charge in [0, 0.05) is 23.5 Å². The second kappa shape index (κ2) is 8.76. The lowest BCUT2D eigenvalue weighted by Gasteiger charge is -2.38. The molecule has 3 fully saturated rings. The van der Waals surface area contributed by atoms with Gasteiger partial charge in [-0.15, -0.1) is 0 Å². The average Bonchev–Trinajstić information content (AvgIpc) is 3.60. The van der Waals surface area contributed by atoms with Crippen LogP contribution in [0.2, 0.25) is 0 Å². The summed E-state index contributed by atoms with van der Waals surface area (Å²) in [6, 6.07) is 0. The molecule has 2 heterocycles. The molecule has 32 heavy (non-hydrogen) atoms. The molecule has 0 amide bonds. The van der Waals surface area contributed by atoms with E-state index in [0.717, 1.165) is 0 Å². The molecule has 1 aliphatic carbocycles. The molecule has 0 spiro atoms. The van der Waals surface area contributed by atoms with Crippen LogP contribution in [-0.4, -0.2) is 58.8 Å². The van der Waals surface area contributed by atoms with Gasteiger partial charge in [-0.25, -0.2) is 9.59 Å². The van der Waals surface area contributed by atoms with Gasteiger partial charge in [-0.3, -0.25) is 0 Å². The summed E-state index contributed by atoms with van der Waals surface area (Å²) < 4.78 is 23.0. The van der Waals surface area contributed by atoms with Gasteiger partial charge in [-0.2, -0.15) is 0 Å². The predicted octanol–water partition coefficient (Wildman–Crippen LogP) is 3.40. The second-order valence-corrected chi connectivity index (χ2v) is 9.81. The van der Waals surface area contributed by atoms with E-state index in [1.54, 1.807) is 39.8 Å². The smallest absolute Gasteiger partial charge is 0.333 e. The quantitative estimate of drug-likeness (QED) is 0.263. The van der Waals surface area contributed by atoms with E-state index in [2.05, 4.69) is 6.58 Å². The van der Waals surface area contributed by atoms with Crippen LogP contribution in [0.5, 0.6) is 0 Å². The molecule has 7 heteroatoms. The lowest BCUT2D eigenvalue weighted by atomic mass is 9.73. The summed E-state index contributed by atoms with van der Waals surface area (Å²) in [5, 5.41) is 11.2. The molecule has 0 aromatic rings. The van der Waals surface area contributed by atoms with Gasteiger partial charge in [0.25, 0.3) is 0 Å². The molecule has 2 saturated heterocycles. The highest BCUT2D eigenvalue weighted by atomic mass is 16.7.